The Balaban J connectivity index is 1.60. The van der Waals surface area contributed by atoms with Crippen LogP contribution in [-0.4, -0.2) is 14.9 Å². The number of hydrogen-bond donors (Lipinski definition) is 2. The fourth-order valence-corrected chi connectivity index (χ4v) is 2.86. The molecule has 0 aliphatic carbocycles. The summed E-state index contributed by atoms with van der Waals surface area (Å²) in [6, 6.07) is 12.1. The summed E-state index contributed by atoms with van der Waals surface area (Å²) >= 11 is 11.2. The first-order chi connectivity index (χ1) is 12.6. The molecule has 0 saturated heterocycles. The lowest BCUT2D eigenvalue weighted by Crippen LogP contribution is -2.17. The minimum absolute atomic E-state index is 0.0765. The van der Waals surface area contributed by atoms with E-state index in [1.807, 2.05) is 31.2 Å². The molecule has 3 rings (SSSR count). The molecule has 1 heterocycles. The Morgan fingerprint density at radius 1 is 1.27 bits per heavy atom. The lowest BCUT2D eigenvalue weighted by atomic mass is 10.2. The predicted molar refractivity (Wildman–Crippen MR) is 102 cm³/mol. The minimum atomic E-state index is -0.373. The van der Waals surface area contributed by atoms with Gasteiger partial charge in [-0.3, -0.25) is 5.10 Å². The Morgan fingerprint density at radius 2 is 2.04 bits per heavy atom. The summed E-state index contributed by atoms with van der Waals surface area (Å²) in [6.07, 6.45) is 0.769. The highest BCUT2D eigenvalue weighted by Crippen LogP contribution is 2.21. The van der Waals surface area contributed by atoms with Crippen LogP contribution in [0.15, 0.2) is 42.5 Å². The van der Waals surface area contributed by atoms with E-state index in [2.05, 4.69) is 15.6 Å². The summed E-state index contributed by atoms with van der Waals surface area (Å²) in [5.41, 5.74) is 4.63. The van der Waals surface area contributed by atoms with E-state index in [1.54, 1.807) is 16.8 Å². The second kappa shape index (κ2) is 8.33. The first-order valence-corrected chi connectivity index (χ1v) is 8.92. The first-order valence-electron chi connectivity index (χ1n) is 8.13. The quantitative estimate of drug-likeness (QED) is 0.576. The lowest BCUT2D eigenvalue weighted by molar-refractivity contribution is 0.300. The summed E-state index contributed by atoms with van der Waals surface area (Å²) in [4.78, 5) is 0. The molecular formula is C18H18ClFN4OS. The molecule has 0 spiro atoms. The van der Waals surface area contributed by atoms with Gasteiger partial charge in [0.25, 0.3) is 0 Å². The van der Waals surface area contributed by atoms with Gasteiger partial charge >= 0.3 is 0 Å². The predicted octanol–water partition coefficient (Wildman–Crippen LogP) is 4.62. The number of nitrogens with one attached hydrogen (secondary N) is 2. The average Bonchev–Trinajstić information content (AvgIpc) is 3.00. The van der Waals surface area contributed by atoms with Crippen molar-refractivity contribution in [3.63, 3.8) is 0 Å². The minimum Gasteiger partial charge on any atom is -0.489 e. The van der Waals surface area contributed by atoms with Crippen molar-refractivity contribution in [2.75, 3.05) is 5.43 Å². The zero-order valence-electron chi connectivity index (χ0n) is 14.1. The van der Waals surface area contributed by atoms with E-state index in [1.165, 1.54) is 6.07 Å². The number of aromatic nitrogens is 3. The number of aryl methyl sites for hydroxylation is 1. The van der Waals surface area contributed by atoms with Crippen molar-refractivity contribution in [3.05, 3.63) is 75.0 Å². The van der Waals surface area contributed by atoms with Crippen molar-refractivity contribution in [1.29, 1.82) is 0 Å². The van der Waals surface area contributed by atoms with Crippen molar-refractivity contribution in [2.24, 2.45) is 0 Å². The number of H-pyrrole nitrogens is 1. The number of hydrogen-bond acceptors (Lipinski definition) is 4. The molecule has 0 amide bonds. The van der Waals surface area contributed by atoms with Gasteiger partial charge < -0.3 is 10.2 Å². The van der Waals surface area contributed by atoms with Gasteiger partial charge in [0, 0.05) is 12.0 Å². The highest BCUT2D eigenvalue weighted by molar-refractivity contribution is 7.71. The maximum atomic E-state index is 13.8. The van der Waals surface area contributed by atoms with Gasteiger partial charge in [-0.1, -0.05) is 36.7 Å². The first kappa shape index (κ1) is 18.4. The van der Waals surface area contributed by atoms with E-state index >= 15 is 0 Å². The van der Waals surface area contributed by atoms with Crippen molar-refractivity contribution < 1.29 is 9.13 Å². The molecule has 0 bridgehead atoms. The van der Waals surface area contributed by atoms with Crippen molar-refractivity contribution in [2.45, 2.75) is 26.5 Å². The topological polar surface area (TPSA) is 54.9 Å². The molecule has 0 fully saturated rings. The zero-order valence-corrected chi connectivity index (χ0v) is 15.7. The Hall–Kier alpha value is -2.38. The summed E-state index contributed by atoms with van der Waals surface area (Å²) in [5, 5.41) is 7.27. The summed E-state index contributed by atoms with van der Waals surface area (Å²) in [5.74, 6) is 1.11. The van der Waals surface area contributed by atoms with Gasteiger partial charge in [0.15, 0.2) is 5.82 Å². The third kappa shape index (κ3) is 4.23. The van der Waals surface area contributed by atoms with Crippen LogP contribution in [0.4, 0.5) is 4.39 Å². The normalized spacial score (nSPS) is 10.7. The van der Waals surface area contributed by atoms with E-state index in [0.717, 1.165) is 17.8 Å². The molecule has 136 valence electrons. The molecule has 1 aromatic heterocycles. The molecule has 2 aromatic carbocycles. The van der Waals surface area contributed by atoms with Crippen LogP contribution in [0.25, 0.3) is 0 Å². The Bertz CT molecular complexity index is 919. The smallest absolute Gasteiger partial charge is 0.214 e. The van der Waals surface area contributed by atoms with Crippen LogP contribution >= 0.6 is 23.8 Å². The number of rotatable bonds is 7. The van der Waals surface area contributed by atoms with Crippen LogP contribution in [0.1, 0.15) is 23.9 Å². The van der Waals surface area contributed by atoms with E-state index in [0.29, 0.717) is 27.7 Å². The molecule has 8 heteroatoms. The van der Waals surface area contributed by atoms with E-state index in [-0.39, 0.29) is 12.4 Å². The molecule has 0 radical (unpaired) electrons. The second-order valence-corrected chi connectivity index (χ2v) is 6.40. The average molecular weight is 393 g/mol. The second-order valence-electron chi connectivity index (χ2n) is 5.60. The molecule has 26 heavy (non-hydrogen) atoms. The summed E-state index contributed by atoms with van der Waals surface area (Å²) in [7, 11) is 0. The molecule has 0 unspecified atom stereocenters. The van der Waals surface area contributed by atoms with Crippen LogP contribution in [0, 0.1) is 10.6 Å². The summed E-state index contributed by atoms with van der Waals surface area (Å²) < 4.78 is 21.7. The van der Waals surface area contributed by atoms with Gasteiger partial charge in [-0.05, 0) is 42.0 Å². The molecule has 2 N–H and O–H groups in total. The maximum absolute atomic E-state index is 13.8. The standard InChI is InChI=1S/C18H18ClFN4OS/c1-2-17-22-23-18(26)24(17)21-10-12-6-8-13(9-7-12)25-11-14-15(19)4-3-5-16(14)20/h3-9,21H,2,10-11H2,1H3,(H,23,26). The monoisotopic (exact) mass is 392 g/mol. The highest BCUT2D eigenvalue weighted by atomic mass is 35.5. The molecule has 5 nitrogen and oxygen atoms in total. The maximum Gasteiger partial charge on any atom is 0.214 e. The Labute approximate surface area is 160 Å². The fourth-order valence-electron chi connectivity index (χ4n) is 2.43. The highest BCUT2D eigenvalue weighted by Gasteiger charge is 2.08. The van der Waals surface area contributed by atoms with Gasteiger partial charge in [-0.25, -0.2) is 9.07 Å². The number of benzene rings is 2. The van der Waals surface area contributed by atoms with Gasteiger partial charge in [-0.15, -0.1) is 0 Å². The van der Waals surface area contributed by atoms with Crippen LogP contribution in [0.5, 0.6) is 5.75 Å². The van der Waals surface area contributed by atoms with E-state index in [4.69, 9.17) is 28.6 Å². The largest absolute Gasteiger partial charge is 0.489 e. The number of nitrogens with zero attached hydrogens (tertiary/aromatic N) is 2. The van der Waals surface area contributed by atoms with Crippen LogP contribution in [0.2, 0.25) is 5.02 Å². The molecule has 0 aliphatic heterocycles. The molecule has 0 atom stereocenters. The van der Waals surface area contributed by atoms with E-state index < -0.39 is 0 Å². The molecule has 3 aromatic rings. The molecule has 0 aliphatic rings. The van der Waals surface area contributed by atoms with Gasteiger partial charge in [0.2, 0.25) is 4.77 Å². The van der Waals surface area contributed by atoms with Crippen molar-refractivity contribution >= 4 is 23.8 Å². The number of ether oxygens (including phenoxy) is 1. The van der Waals surface area contributed by atoms with Gasteiger partial charge in [0.05, 0.1) is 11.6 Å². The SMILES string of the molecule is CCc1n[nH]c(=S)n1NCc1ccc(OCc2c(F)cccc2Cl)cc1. The van der Waals surface area contributed by atoms with Crippen LogP contribution < -0.4 is 10.2 Å². The molecular weight excluding hydrogens is 375 g/mol. The Kier molecular flexibility index (Phi) is 5.90. The summed E-state index contributed by atoms with van der Waals surface area (Å²) in [6.45, 7) is 2.67. The van der Waals surface area contributed by atoms with Crippen LogP contribution in [0.3, 0.4) is 0 Å². The van der Waals surface area contributed by atoms with Crippen molar-refractivity contribution in [1.82, 2.24) is 14.9 Å². The van der Waals surface area contributed by atoms with Crippen LogP contribution in [-0.2, 0) is 19.6 Å². The van der Waals surface area contributed by atoms with Gasteiger partial charge in [0.1, 0.15) is 18.2 Å². The number of aromatic amines is 1. The third-order valence-electron chi connectivity index (χ3n) is 3.87. The third-order valence-corrected chi connectivity index (χ3v) is 4.50. The van der Waals surface area contributed by atoms with Crippen molar-refractivity contribution in [3.8, 4) is 5.75 Å². The molecule has 0 saturated carbocycles. The lowest BCUT2D eigenvalue weighted by Gasteiger charge is -2.11. The van der Waals surface area contributed by atoms with E-state index in [9.17, 15) is 4.39 Å². The fraction of sp³-hybridized carbons (Fsp3) is 0.222. The Morgan fingerprint density at radius 3 is 2.73 bits per heavy atom. The zero-order chi connectivity index (χ0) is 18.5. The number of halogens is 2. The van der Waals surface area contributed by atoms with Gasteiger partial charge in [-0.2, -0.15) is 5.10 Å².